The van der Waals surface area contributed by atoms with E-state index >= 15 is 0 Å². The van der Waals surface area contributed by atoms with E-state index in [9.17, 15) is 8.42 Å². The summed E-state index contributed by atoms with van der Waals surface area (Å²) in [7, 11) is 0.689. The summed E-state index contributed by atoms with van der Waals surface area (Å²) in [6.07, 6.45) is 1.20. The van der Waals surface area contributed by atoms with Crippen molar-refractivity contribution in [1.82, 2.24) is 9.97 Å². The SMILES string of the molecule is COc1ccc(NC(=S)Nc2ccc(S(=O)(=O)Nc3cc(OC)ncn3)cc2)c(OC)c1. The first-order valence-electron chi connectivity index (χ1n) is 9.13. The van der Waals surface area contributed by atoms with Crippen LogP contribution in [0.1, 0.15) is 0 Å². The Bertz CT molecular complexity index is 1200. The van der Waals surface area contributed by atoms with Crippen molar-refractivity contribution in [3.63, 3.8) is 0 Å². The number of thiocarbonyl (C=S) groups is 1. The molecular weight excluding hydrogens is 454 g/mol. The summed E-state index contributed by atoms with van der Waals surface area (Å²) in [5.41, 5.74) is 1.24. The van der Waals surface area contributed by atoms with Crippen molar-refractivity contribution in [2.75, 3.05) is 36.7 Å². The third-order valence-corrected chi connectivity index (χ3v) is 5.74. The number of hydrogen-bond acceptors (Lipinski definition) is 8. The highest BCUT2D eigenvalue weighted by molar-refractivity contribution is 7.92. The van der Waals surface area contributed by atoms with Crippen LogP contribution < -0.4 is 29.6 Å². The summed E-state index contributed by atoms with van der Waals surface area (Å²) >= 11 is 5.34. The van der Waals surface area contributed by atoms with Crippen molar-refractivity contribution in [2.45, 2.75) is 4.90 Å². The molecule has 3 rings (SSSR count). The zero-order valence-electron chi connectivity index (χ0n) is 17.4. The molecule has 0 bridgehead atoms. The molecule has 0 aliphatic carbocycles. The second-order valence-corrected chi connectivity index (χ2v) is 8.31. The number of methoxy groups -OCH3 is 3. The zero-order valence-corrected chi connectivity index (χ0v) is 19.1. The van der Waals surface area contributed by atoms with Crippen molar-refractivity contribution < 1.29 is 22.6 Å². The molecule has 3 N–H and O–H groups in total. The minimum atomic E-state index is -3.85. The lowest BCUT2D eigenvalue weighted by Gasteiger charge is -2.14. The Morgan fingerprint density at radius 2 is 1.66 bits per heavy atom. The van der Waals surface area contributed by atoms with Gasteiger partial charge >= 0.3 is 0 Å². The first-order chi connectivity index (χ1) is 15.3. The molecule has 0 amide bonds. The molecule has 0 saturated carbocycles. The average Bonchev–Trinajstić information content (AvgIpc) is 2.79. The number of rotatable bonds is 8. The van der Waals surface area contributed by atoms with E-state index in [2.05, 4.69) is 25.3 Å². The third-order valence-electron chi connectivity index (χ3n) is 4.17. The minimum absolute atomic E-state index is 0.0522. The summed E-state index contributed by atoms with van der Waals surface area (Å²) in [4.78, 5) is 7.78. The fraction of sp³-hybridized carbons (Fsp3) is 0.150. The molecule has 32 heavy (non-hydrogen) atoms. The smallest absolute Gasteiger partial charge is 0.263 e. The number of benzene rings is 2. The number of ether oxygens (including phenoxy) is 3. The fourth-order valence-electron chi connectivity index (χ4n) is 2.61. The van der Waals surface area contributed by atoms with Crippen LogP contribution in [0.3, 0.4) is 0 Å². The Morgan fingerprint density at radius 1 is 0.906 bits per heavy atom. The molecule has 3 aromatic rings. The Morgan fingerprint density at radius 3 is 2.31 bits per heavy atom. The Kier molecular flexibility index (Phi) is 7.28. The van der Waals surface area contributed by atoms with Crippen LogP contribution in [0, 0.1) is 0 Å². The van der Waals surface area contributed by atoms with Crippen LogP contribution in [0.15, 0.2) is 59.8 Å². The number of anilines is 3. The largest absolute Gasteiger partial charge is 0.497 e. The van der Waals surface area contributed by atoms with Crippen molar-refractivity contribution in [1.29, 1.82) is 0 Å². The molecule has 0 aliphatic heterocycles. The lowest BCUT2D eigenvalue weighted by Crippen LogP contribution is -2.19. The van der Waals surface area contributed by atoms with Crippen LogP contribution in [0.5, 0.6) is 17.4 Å². The van der Waals surface area contributed by atoms with Crippen molar-refractivity contribution >= 4 is 44.5 Å². The first-order valence-corrected chi connectivity index (χ1v) is 11.0. The first kappa shape index (κ1) is 23.0. The van der Waals surface area contributed by atoms with Crippen molar-refractivity contribution in [3.8, 4) is 17.4 Å². The normalized spacial score (nSPS) is 10.7. The fourth-order valence-corrected chi connectivity index (χ4v) is 3.83. The molecule has 2 aromatic carbocycles. The van der Waals surface area contributed by atoms with Gasteiger partial charge in [0.2, 0.25) is 5.88 Å². The van der Waals surface area contributed by atoms with Crippen LogP contribution >= 0.6 is 12.2 Å². The van der Waals surface area contributed by atoms with Gasteiger partial charge in [-0.1, -0.05) is 0 Å². The van der Waals surface area contributed by atoms with E-state index < -0.39 is 10.0 Å². The van der Waals surface area contributed by atoms with Crippen LogP contribution in [0.4, 0.5) is 17.2 Å². The zero-order chi connectivity index (χ0) is 23.1. The van der Waals surface area contributed by atoms with E-state index in [1.165, 1.54) is 31.6 Å². The highest BCUT2D eigenvalue weighted by Gasteiger charge is 2.16. The molecule has 0 spiro atoms. The van der Waals surface area contributed by atoms with Gasteiger partial charge in [-0.15, -0.1) is 0 Å². The molecule has 0 fully saturated rings. The maximum atomic E-state index is 12.6. The lowest BCUT2D eigenvalue weighted by molar-refractivity contribution is 0.395. The molecule has 168 valence electrons. The molecule has 1 heterocycles. The predicted octanol–water partition coefficient (Wildman–Crippen LogP) is 3.11. The number of nitrogens with zero attached hydrogens (tertiary/aromatic N) is 2. The summed E-state index contributed by atoms with van der Waals surface area (Å²) in [5.74, 6) is 1.55. The van der Waals surface area contributed by atoms with Crippen LogP contribution in [-0.2, 0) is 10.0 Å². The molecule has 0 unspecified atom stereocenters. The van der Waals surface area contributed by atoms with Gasteiger partial charge in [-0.05, 0) is 48.6 Å². The van der Waals surface area contributed by atoms with Gasteiger partial charge < -0.3 is 24.8 Å². The van der Waals surface area contributed by atoms with E-state index in [0.717, 1.165) is 0 Å². The second-order valence-electron chi connectivity index (χ2n) is 6.22. The monoisotopic (exact) mass is 475 g/mol. The van der Waals surface area contributed by atoms with Gasteiger partial charge in [0.25, 0.3) is 10.0 Å². The molecule has 1 aromatic heterocycles. The van der Waals surface area contributed by atoms with Gasteiger partial charge in [-0.25, -0.2) is 18.4 Å². The molecule has 0 aliphatic rings. The Balaban J connectivity index is 1.67. The quantitative estimate of drug-likeness (QED) is 0.419. The van der Waals surface area contributed by atoms with Crippen LogP contribution in [0.2, 0.25) is 0 Å². The summed E-state index contributed by atoms with van der Waals surface area (Å²) in [6.45, 7) is 0. The summed E-state index contributed by atoms with van der Waals surface area (Å²) in [5, 5.41) is 6.33. The highest BCUT2D eigenvalue weighted by atomic mass is 32.2. The standard InChI is InChI=1S/C20H21N5O5S2/c1-28-14-6-9-16(17(10-14)29-2)24-20(31)23-13-4-7-15(8-5-13)32(26,27)25-18-11-19(30-3)22-12-21-18/h4-12H,1-3H3,(H,21,22,25)(H2,23,24,31). The number of aromatic nitrogens is 2. The maximum Gasteiger partial charge on any atom is 0.263 e. The van der Waals surface area contributed by atoms with E-state index in [4.69, 9.17) is 26.4 Å². The highest BCUT2D eigenvalue weighted by Crippen LogP contribution is 2.29. The number of hydrogen-bond donors (Lipinski definition) is 3. The second kappa shape index (κ2) is 10.1. The molecular formula is C20H21N5O5S2. The van der Waals surface area contributed by atoms with E-state index in [1.807, 2.05) is 0 Å². The van der Waals surface area contributed by atoms with Gasteiger partial charge in [0, 0.05) is 17.8 Å². The molecule has 0 atom stereocenters. The summed E-state index contributed by atoms with van der Waals surface area (Å²) in [6, 6.07) is 12.7. The lowest BCUT2D eigenvalue weighted by atomic mass is 10.2. The summed E-state index contributed by atoms with van der Waals surface area (Å²) < 4.78 is 43.1. The van der Waals surface area contributed by atoms with Gasteiger partial charge in [0.1, 0.15) is 23.6 Å². The molecule has 0 radical (unpaired) electrons. The van der Waals surface area contributed by atoms with Gasteiger partial charge in [0.05, 0.1) is 31.9 Å². The maximum absolute atomic E-state index is 12.6. The number of nitrogens with one attached hydrogen (secondary N) is 3. The van der Waals surface area contributed by atoms with Crippen molar-refractivity contribution in [2.24, 2.45) is 0 Å². The number of sulfonamides is 1. The molecule has 10 nitrogen and oxygen atoms in total. The third kappa shape index (κ3) is 5.74. The minimum Gasteiger partial charge on any atom is -0.497 e. The molecule has 0 saturated heterocycles. The van der Waals surface area contributed by atoms with Gasteiger partial charge in [-0.3, -0.25) is 4.72 Å². The topological polar surface area (TPSA) is 124 Å². The Hall–Kier alpha value is -3.64. The van der Waals surface area contributed by atoms with Gasteiger partial charge in [0.15, 0.2) is 5.11 Å². The molecule has 12 heteroatoms. The van der Waals surface area contributed by atoms with Crippen molar-refractivity contribution in [3.05, 3.63) is 54.9 Å². The Labute approximate surface area is 191 Å². The van der Waals surface area contributed by atoms with Crippen LogP contribution in [0.25, 0.3) is 0 Å². The van der Waals surface area contributed by atoms with E-state index in [0.29, 0.717) is 28.0 Å². The van der Waals surface area contributed by atoms with Gasteiger partial charge in [-0.2, -0.15) is 0 Å². The van der Waals surface area contributed by atoms with E-state index in [1.54, 1.807) is 44.6 Å². The van der Waals surface area contributed by atoms with Crippen LogP contribution in [-0.4, -0.2) is 44.8 Å². The van der Waals surface area contributed by atoms with E-state index in [-0.39, 0.29) is 16.6 Å². The predicted molar refractivity (Wildman–Crippen MR) is 125 cm³/mol. The average molecular weight is 476 g/mol.